The van der Waals surface area contributed by atoms with Gasteiger partial charge >= 0.3 is 0 Å². The van der Waals surface area contributed by atoms with Crippen LogP contribution in [0.4, 0.5) is 0 Å². The Morgan fingerprint density at radius 2 is 0.246 bits per heavy atom. The Kier molecular flexibility index (Phi) is 18.7. The summed E-state index contributed by atoms with van der Waals surface area (Å²) in [4.78, 5) is 44.8. The zero-order valence-corrected chi connectivity index (χ0v) is 68.2. The van der Waals surface area contributed by atoms with Gasteiger partial charge in [-0.2, -0.15) is 0 Å². The van der Waals surface area contributed by atoms with Gasteiger partial charge < -0.3 is 0 Å². The van der Waals surface area contributed by atoms with Crippen LogP contribution in [0.1, 0.15) is 0 Å². The van der Waals surface area contributed by atoms with Crippen molar-refractivity contribution in [3.63, 3.8) is 0 Å². The van der Waals surface area contributed by atoms with Crippen LogP contribution in [-0.2, 0) is 0 Å². The van der Waals surface area contributed by atoms with Crippen LogP contribution in [-0.4, -0.2) is 44.9 Å². The summed E-state index contributed by atoms with van der Waals surface area (Å²) in [6.45, 7) is 0. The molecular weight excluding hydrogens is 1530 g/mol. The molecule has 0 atom stereocenters. The number of hydrogen-bond acceptors (Lipinski definition) is 9. The molecule has 586 valence electrons. The van der Waals surface area contributed by atoms with E-state index in [9.17, 15) is 0 Å². The first-order valence-electron chi connectivity index (χ1n) is 42.4. The normalized spacial score (nSPS) is 11.5. The molecule has 0 unspecified atom stereocenters. The highest BCUT2D eigenvalue weighted by Gasteiger charge is 2.20. The molecule has 25 aromatic rings. The molecule has 0 aliphatic rings. The molecule has 0 saturated heterocycles. The average molecular weight is 1600 g/mol. The standard InChI is InChI=1S/C41H25N3.C39H25N3.C37H23N3/c1-3-10-29-23-32(15-13-26(29)7-1)39-42-40(33-16-14-27-8-2-4-11-30(27)24-33)44-41(43-39)34-19-20-36-31(25-34)18-22-37-35-12-6-5-9-28(35)17-21-38(36)37;1-3-9-26(10-4-1)27-15-17-30(18-16-27)38-40-37(29-12-5-2-6-13-29)41-39(42-38)32-21-22-34-31(25-32)20-24-35-33-14-8-7-11-28(33)19-23-36(34)35;1-2-10-26(11-3-1)35-38-36(29-15-14-24-8-4-5-12-27(24)22-29)40-37(39-35)30-18-19-32-28(23-30)17-21-33-31-13-7-6-9-25(31)16-20-34(32)33/h1-25H;1-25H;1-23H. The zero-order valence-electron chi connectivity index (χ0n) is 68.2. The summed E-state index contributed by atoms with van der Waals surface area (Å²) < 4.78 is 0. The first kappa shape index (κ1) is 74.1. The van der Waals surface area contributed by atoms with Crippen LogP contribution in [0.5, 0.6) is 0 Å². The highest BCUT2D eigenvalue weighted by molar-refractivity contribution is 6.20. The van der Waals surface area contributed by atoms with Gasteiger partial charge in [-0.25, -0.2) is 44.9 Å². The Morgan fingerprint density at radius 3 is 0.532 bits per heavy atom. The highest BCUT2D eigenvalue weighted by atomic mass is 15.1. The van der Waals surface area contributed by atoms with Crippen LogP contribution >= 0.6 is 0 Å². The second-order valence-electron chi connectivity index (χ2n) is 31.9. The van der Waals surface area contributed by atoms with E-state index >= 15 is 0 Å². The molecule has 0 fully saturated rings. The largest absolute Gasteiger partial charge is 0.208 e. The van der Waals surface area contributed by atoms with E-state index < -0.39 is 0 Å². The van der Waals surface area contributed by atoms with Crippen LogP contribution in [0.15, 0.2) is 443 Å². The van der Waals surface area contributed by atoms with E-state index in [0.717, 1.165) is 88.0 Å². The SMILES string of the molecule is c1ccc(-c2ccc(-c3nc(-c4ccccc4)nc(-c4ccc5c(ccc6c7ccccc7ccc56)c4)n3)cc2)cc1.c1ccc(-c2nc(-c3ccc4ccccc4c3)nc(-c3ccc4c(ccc5c6ccccc6ccc45)c3)n2)cc1.c1ccc2cc(-c3nc(-c4ccc5ccccc5c4)nc(-c4ccc5c(ccc6c7ccccc7ccc56)c4)n3)ccc2c1. The van der Waals surface area contributed by atoms with Gasteiger partial charge in [0.25, 0.3) is 0 Å². The Hall–Kier alpha value is -17.0. The molecule has 0 amide bonds. The zero-order chi connectivity index (χ0) is 83.4. The maximum atomic E-state index is 5.06. The van der Waals surface area contributed by atoms with Gasteiger partial charge in [0.05, 0.1) is 0 Å². The Balaban J connectivity index is 0.000000109. The van der Waals surface area contributed by atoms with E-state index in [-0.39, 0.29) is 0 Å². The third-order valence-corrected chi connectivity index (χ3v) is 24.2. The molecule has 3 aromatic heterocycles. The van der Waals surface area contributed by atoms with E-state index in [4.69, 9.17) is 44.9 Å². The maximum absolute atomic E-state index is 5.06. The minimum absolute atomic E-state index is 0.656. The number of benzene rings is 22. The highest BCUT2D eigenvalue weighted by Crippen LogP contribution is 2.40. The molecule has 0 saturated carbocycles. The predicted molar refractivity (Wildman–Crippen MR) is 524 cm³/mol. The summed E-state index contributed by atoms with van der Waals surface area (Å²) in [6, 6.07) is 155. The molecule has 9 heteroatoms. The first-order valence-corrected chi connectivity index (χ1v) is 42.4. The van der Waals surface area contributed by atoms with E-state index in [0.29, 0.717) is 52.4 Å². The third kappa shape index (κ3) is 14.2. The van der Waals surface area contributed by atoms with Gasteiger partial charge in [0.2, 0.25) is 0 Å². The fourth-order valence-electron chi connectivity index (χ4n) is 17.8. The summed E-state index contributed by atoms with van der Waals surface area (Å²) in [5.41, 5.74) is 11.0. The molecule has 0 spiro atoms. The minimum atomic E-state index is 0.656. The van der Waals surface area contributed by atoms with Crippen molar-refractivity contribution in [1.82, 2.24) is 44.9 Å². The molecule has 3 heterocycles. The molecule has 25 rings (SSSR count). The lowest BCUT2D eigenvalue weighted by atomic mass is 9.96. The minimum Gasteiger partial charge on any atom is -0.208 e. The van der Waals surface area contributed by atoms with Gasteiger partial charge in [-0.05, 0) is 177 Å². The quantitative estimate of drug-likeness (QED) is 0.123. The molecule has 0 radical (unpaired) electrons. The average Bonchev–Trinajstić information content (AvgIpc) is 0.763. The smallest absolute Gasteiger partial charge is 0.164 e. The number of rotatable bonds is 10. The first-order chi connectivity index (χ1) is 62.4. The van der Waals surface area contributed by atoms with Crippen LogP contribution in [0, 0.1) is 0 Å². The molecule has 0 bridgehead atoms. The molecule has 0 aliphatic heterocycles. The lowest BCUT2D eigenvalue weighted by Crippen LogP contribution is -2.00. The Morgan fingerprint density at radius 1 is 0.0873 bits per heavy atom. The second-order valence-corrected chi connectivity index (χ2v) is 31.9. The fourth-order valence-corrected chi connectivity index (χ4v) is 17.8. The van der Waals surface area contributed by atoms with Crippen LogP contribution in [0.2, 0.25) is 0 Å². The summed E-state index contributed by atoms with van der Waals surface area (Å²) in [7, 11) is 0. The molecule has 22 aromatic carbocycles. The van der Waals surface area contributed by atoms with Gasteiger partial charge in [-0.1, -0.05) is 406 Å². The van der Waals surface area contributed by atoms with E-state index in [1.807, 2.05) is 66.7 Å². The van der Waals surface area contributed by atoms with Crippen molar-refractivity contribution in [3.8, 4) is 114 Å². The number of nitrogens with zero attached hydrogens (tertiary/aromatic N) is 9. The summed E-state index contributed by atoms with van der Waals surface area (Å²) in [5.74, 6) is 5.95. The van der Waals surface area contributed by atoms with Gasteiger partial charge in [0.15, 0.2) is 52.4 Å². The van der Waals surface area contributed by atoms with E-state index in [1.54, 1.807) is 0 Å². The van der Waals surface area contributed by atoms with Crippen molar-refractivity contribution >= 4 is 129 Å². The van der Waals surface area contributed by atoms with Gasteiger partial charge in [0, 0.05) is 50.1 Å². The van der Waals surface area contributed by atoms with Crippen LogP contribution in [0.3, 0.4) is 0 Å². The molecule has 0 aliphatic carbocycles. The van der Waals surface area contributed by atoms with Gasteiger partial charge in [-0.15, -0.1) is 0 Å². The predicted octanol–water partition coefficient (Wildman–Crippen LogP) is 30.1. The Labute approximate surface area is 725 Å². The van der Waals surface area contributed by atoms with Gasteiger partial charge in [0.1, 0.15) is 0 Å². The third-order valence-electron chi connectivity index (χ3n) is 24.2. The number of aromatic nitrogens is 9. The number of fused-ring (bicyclic) bond motifs is 18. The summed E-state index contributed by atoms with van der Waals surface area (Å²) in [5, 5.41) is 29.3. The second kappa shape index (κ2) is 31.9. The van der Waals surface area contributed by atoms with Crippen molar-refractivity contribution in [3.05, 3.63) is 443 Å². The Bertz CT molecular complexity index is 8500. The lowest BCUT2D eigenvalue weighted by molar-refractivity contribution is 1.07. The maximum Gasteiger partial charge on any atom is 0.164 e. The molecule has 0 N–H and O–H groups in total. The van der Waals surface area contributed by atoms with Crippen LogP contribution in [0.25, 0.3) is 243 Å². The topological polar surface area (TPSA) is 116 Å². The van der Waals surface area contributed by atoms with Crippen LogP contribution < -0.4 is 0 Å². The summed E-state index contributed by atoms with van der Waals surface area (Å²) in [6.07, 6.45) is 0. The van der Waals surface area contributed by atoms with Gasteiger partial charge in [-0.3, -0.25) is 0 Å². The fraction of sp³-hybridized carbons (Fsp3) is 0. The van der Waals surface area contributed by atoms with Crippen molar-refractivity contribution in [2.45, 2.75) is 0 Å². The van der Waals surface area contributed by atoms with Crippen molar-refractivity contribution in [2.75, 3.05) is 0 Å². The van der Waals surface area contributed by atoms with E-state index in [2.05, 4.69) is 376 Å². The lowest BCUT2D eigenvalue weighted by Gasteiger charge is -2.11. The van der Waals surface area contributed by atoms with Crippen molar-refractivity contribution < 1.29 is 0 Å². The molecule has 126 heavy (non-hydrogen) atoms. The monoisotopic (exact) mass is 1600 g/mol. The summed E-state index contributed by atoms with van der Waals surface area (Å²) >= 11 is 0. The van der Waals surface area contributed by atoms with E-state index in [1.165, 1.54) is 103 Å². The molecule has 9 nitrogen and oxygen atoms in total. The van der Waals surface area contributed by atoms with Crippen molar-refractivity contribution in [1.29, 1.82) is 0 Å². The molecular formula is C117H73N9. The number of hydrogen-bond donors (Lipinski definition) is 0. The van der Waals surface area contributed by atoms with Crippen molar-refractivity contribution in [2.24, 2.45) is 0 Å².